The fraction of sp³-hybridized carbons (Fsp3) is 0.462. The number of amides is 1. The number of hydrogen-bond acceptors (Lipinski definition) is 3. The molecule has 0 radical (unpaired) electrons. The van der Waals surface area contributed by atoms with E-state index in [2.05, 4.69) is 10.2 Å². The first-order chi connectivity index (χ1) is 8.70. The fourth-order valence-corrected chi connectivity index (χ4v) is 2.31. The summed E-state index contributed by atoms with van der Waals surface area (Å²) >= 11 is 0. The third-order valence-corrected chi connectivity index (χ3v) is 3.27. The number of rotatable bonds is 4. The average Bonchev–Trinajstić information content (AvgIpc) is 2.79. The second-order valence-electron chi connectivity index (χ2n) is 4.53. The summed E-state index contributed by atoms with van der Waals surface area (Å²) in [6.45, 7) is 1.72. The molecule has 5 heteroatoms. The van der Waals surface area contributed by atoms with Gasteiger partial charge in [0, 0.05) is 12.6 Å². The van der Waals surface area contributed by atoms with Crippen molar-refractivity contribution in [3.8, 4) is 0 Å². The van der Waals surface area contributed by atoms with Crippen LogP contribution in [0.1, 0.15) is 12.8 Å². The van der Waals surface area contributed by atoms with E-state index in [0.717, 1.165) is 19.4 Å². The van der Waals surface area contributed by atoms with E-state index in [9.17, 15) is 9.18 Å². The molecule has 0 aliphatic carbocycles. The number of nitrogens with one attached hydrogen (secondary N) is 1. The molecule has 1 heterocycles. The number of halogens is 1. The quantitative estimate of drug-likeness (QED) is 0.845. The Kier molecular flexibility index (Phi) is 4.28. The number of hydrogen-bond donors (Lipinski definition) is 2. The number of nitrogens with zero attached hydrogens (tertiary/aromatic N) is 1. The van der Waals surface area contributed by atoms with E-state index < -0.39 is 5.82 Å². The summed E-state index contributed by atoms with van der Waals surface area (Å²) in [6.07, 6.45) is 2.10. The van der Waals surface area contributed by atoms with Crippen LogP contribution in [-0.2, 0) is 4.79 Å². The number of para-hydroxylation sites is 1. The van der Waals surface area contributed by atoms with Gasteiger partial charge in [0.05, 0.1) is 12.2 Å². The summed E-state index contributed by atoms with van der Waals surface area (Å²) in [4.78, 5) is 13.9. The number of likely N-dealkylation sites (tertiary alicyclic amines) is 1. The molecule has 2 rings (SSSR count). The molecule has 4 nitrogen and oxygen atoms in total. The highest BCUT2D eigenvalue weighted by Crippen LogP contribution is 2.16. The largest absolute Gasteiger partial charge is 0.329 e. The van der Waals surface area contributed by atoms with Gasteiger partial charge >= 0.3 is 0 Å². The highest BCUT2D eigenvalue weighted by atomic mass is 19.1. The molecule has 0 aromatic heterocycles. The molecule has 1 aliphatic rings. The molecule has 98 valence electrons. The Morgan fingerprint density at radius 2 is 2.28 bits per heavy atom. The Hall–Kier alpha value is -1.46. The first-order valence-corrected chi connectivity index (χ1v) is 6.19. The second-order valence-corrected chi connectivity index (χ2v) is 4.53. The van der Waals surface area contributed by atoms with Crippen LogP contribution in [0.25, 0.3) is 0 Å². The molecule has 1 aliphatic heterocycles. The summed E-state index contributed by atoms with van der Waals surface area (Å²) < 4.78 is 13.4. The van der Waals surface area contributed by atoms with Crippen LogP contribution in [0.2, 0.25) is 0 Å². The summed E-state index contributed by atoms with van der Waals surface area (Å²) in [5, 5.41) is 2.59. The lowest BCUT2D eigenvalue weighted by Gasteiger charge is -2.22. The maximum Gasteiger partial charge on any atom is 0.238 e. The second kappa shape index (κ2) is 5.93. The maximum absolute atomic E-state index is 13.4. The molecule has 1 aromatic carbocycles. The predicted octanol–water partition coefficient (Wildman–Crippen LogP) is 1.19. The molecule has 1 aromatic rings. The van der Waals surface area contributed by atoms with Gasteiger partial charge in [-0.05, 0) is 31.5 Å². The SMILES string of the molecule is NCC1CCCN1CC(=O)Nc1ccccc1F. The Morgan fingerprint density at radius 1 is 1.50 bits per heavy atom. The third kappa shape index (κ3) is 3.05. The van der Waals surface area contributed by atoms with E-state index in [1.165, 1.54) is 6.07 Å². The number of anilines is 1. The van der Waals surface area contributed by atoms with E-state index >= 15 is 0 Å². The zero-order valence-electron chi connectivity index (χ0n) is 10.2. The van der Waals surface area contributed by atoms with Crippen LogP contribution >= 0.6 is 0 Å². The molecule has 18 heavy (non-hydrogen) atoms. The van der Waals surface area contributed by atoms with Crippen LogP contribution < -0.4 is 11.1 Å². The van der Waals surface area contributed by atoms with Crippen molar-refractivity contribution in [1.82, 2.24) is 4.90 Å². The molecule has 0 bridgehead atoms. The molecule has 1 unspecified atom stereocenters. The molecule has 0 spiro atoms. The lowest BCUT2D eigenvalue weighted by molar-refractivity contribution is -0.117. The lowest BCUT2D eigenvalue weighted by Crippen LogP contribution is -2.40. The van der Waals surface area contributed by atoms with Crippen molar-refractivity contribution in [2.45, 2.75) is 18.9 Å². The minimum atomic E-state index is -0.414. The Morgan fingerprint density at radius 3 is 3.00 bits per heavy atom. The van der Waals surface area contributed by atoms with Gasteiger partial charge in [-0.1, -0.05) is 12.1 Å². The number of carbonyl (C=O) groups is 1. The van der Waals surface area contributed by atoms with Crippen molar-refractivity contribution < 1.29 is 9.18 Å². The van der Waals surface area contributed by atoms with Crippen molar-refractivity contribution in [2.75, 3.05) is 25.0 Å². The molecule has 1 fully saturated rings. The van der Waals surface area contributed by atoms with Crippen LogP contribution in [0.15, 0.2) is 24.3 Å². The van der Waals surface area contributed by atoms with Gasteiger partial charge in [0.15, 0.2) is 0 Å². The first kappa shape index (κ1) is 13.0. The monoisotopic (exact) mass is 251 g/mol. The average molecular weight is 251 g/mol. The van der Waals surface area contributed by atoms with Crippen LogP contribution in [0.5, 0.6) is 0 Å². The smallest absolute Gasteiger partial charge is 0.238 e. The van der Waals surface area contributed by atoms with Gasteiger partial charge in [-0.25, -0.2) is 4.39 Å². The summed E-state index contributed by atoms with van der Waals surface area (Å²) in [5.74, 6) is -0.608. The Labute approximate surface area is 106 Å². The topological polar surface area (TPSA) is 58.4 Å². The summed E-state index contributed by atoms with van der Waals surface area (Å²) in [5.41, 5.74) is 5.87. The number of benzene rings is 1. The summed E-state index contributed by atoms with van der Waals surface area (Å²) in [6, 6.07) is 6.44. The van der Waals surface area contributed by atoms with E-state index in [1.54, 1.807) is 18.2 Å². The van der Waals surface area contributed by atoms with Crippen molar-refractivity contribution in [3.05, 3.63) is 30.1 Å². The van der Waals surface area contributed by atoms with Gasteiger partial charge in [-0.3, -0.25) is 9.69 Å². The molecule has 3 N–H and O–H groups in total. The van der Waals surface area contributed by atoms with Crippen molar-refractivity contribution >= 4 is 11.6 Å². The number of carbonyl (C=O) groups excluding carboxylic acids is 1. The minimum absolute atomic E-state index is 0.194. The van der Waals surface area contributed by atoms with Gasteiger partial charge in [0.1, 0.15) is 5.82 Å². The van der Waals surface area contributed by atoms with Crippen LogP contribution in [0.4, 0.5) is 10.1 Å². The minimum Gasteiger partial charge on any atom is -0.329 e. The summed E-state index contributed by atoms with van der Waals surface area (Å²) in [7, 11) is 0. The normalized spacial score (nSPS) is 20.0. The predicted molar refractivity (Wildman–Crippen MR) is 68.7 cm³/mol. The van der Waals surface area contributed by atoms with Gasteiger partial charge < -0.3 is 11.1 Å². The maximum atomic E-state index is 13.4. The zero-order valence-corrected chi connectivity index (χ0v) is 10.2. The molecule has 1 amide bonds. The highest BCUT2D eigenvalue weighted by Gasteiger charge is 2.24. The standard InChI is InChI=1S/C13H18FN3O/c14-11-5-1-2-6-12(11)16-13(18)9-17-7-3-4-10(17)8-15/h1-2,5-6,10H,3-4,7-9,15H2,(H,16,18). The zero-order chi connectivity index (χ0) is 13.0. The van der Waals surface area contributed by atoms with Gasteiger partial charge in [-0.2, -0.15) is 0 Å². The Bertz CT molecular complexity index is 424. The van der Waals surface area contributed by atoms with Crippen LogP contribution in [-0.4, -0.2) is 36.5 Å². The molecule has 0 saturated carbocycles. The molecule has 1 atom stereocenters. The van der Waals surface area contributed by atoms with E-state index in [-0.39, 0.29) is 24.2 Å². The third-order valence-electron chi connectivity index (χ3n) is 3.27. The van der Waals surface area contributed by atoms with Crippen molar-refractivity contribution in [3.63, 3.8) is 0 Å². The van der Waals surface area contributed by atoms with E-state index in [4.69, 9.17) is 5.73 Å². The van der Waals surface area contributed by atoms with Crippen molar-refractivity contribution in [1.29, 1.82) is 0 Å². The highest BCUT2D eigenvalue weighted by molar-refractivity contribution is 5.92. The van der Waals surface area contributed by atoms with Gasteiger partial charge in [-0.15, -0.1) is 0 Å². The lowest BCUT2D eigenvalue weighted by atomic mass is 10.2. The van der Waals surface area contributed by atoms with Crippen LogP contribution in [0.3, 0.4) is 0 Å². The van der Waals surface area contributed by atoms with Crippen molar-refractivity contribution in [2.24, 2.45) is 5.73 Å². The number of nitrogens with two attached hydrogens (primary N) is 1. The first-order valence-electron chi connectivity index (χ1n) is 6.19. The van der Waals surface area contributed by atoms with Gasteiger partial charge in [0.25, 0.3) is 0 Å². The van der Waals surface area contributed by atoms with Crippen LogP contribution in [0, 0.1) is 5.82 Å². The fourth-order valence-electron chi connectivity index (χ4n) is 2.31. The Balaban J connectivity index is 1.91. The van der Waals surface area contributed by atoms with Gasteiger partial charge in [0.2, 0.25) is 5.91 Å². The molecule has 1 saturated heterocycles. The molecular formula is C13H18FN3O. The van der Waals surface area contributed by atoms with E-state index in [0.29, 0.717) is 6.54 Å². The van der Waals surface area contributed by atoms with E-state index in [1.807, 2.05) is 0 Å². The molecular weight excluding hydrogens is 233 g/mol.